The fourth-order valence-corrected chi connectivity index (χ4v) is 2.05. The molecule has 0 fully saturated rings. The number of nitrogens with one attached hydrogen (secondary N) is 1. The van der Waals surface area contributed by atoms with Crippen LogP contribution < -0.4 is 11.1 Å². The minimum Gasteiger partial charge on any atom is -0.353 e. The van der Waals surface area contributed by atoms with E-state index in [1.165, 1.54) is 5.56 Å². The van der Waals surface area contributed by atoms with E-state index in [-0.39, 0.29) is 24.4 Å². The van der Waals surface area contributed by atoms with Crippen molar-refractivity contribution in [1.29, 1.82) is 0 Å². The van der Waals surface area contributed by atoms with Crippen LogP contribution in [0.25, 0.3) is 0 Å². The van der Waals surface area contributed by atoms with E-state index in [1.54, 1.807) is 0 Å². The Kier molecular flexibility index (Phi) is 10.2. The molecule has 108 valence electrons. The number of rotatable bonds is 8. The first-order chi connectivity index (χ1) is 8.76. The molecule has 1 rings (SSSR count). The Morgan fingerprint density at radius 3 is 2.53 bits per heavy atom. The Morgan fingerprint density at radius 1 is 1.26 bits per heavy atom. The molecule has 0 heterocycles. The first-order valence-electron chi connectivity index (χ1n) is 6.79. The molecule has 0 radical (unpaired) electrons. The Morgan fingerprint density at radius 2 is 1.95 bits per heavy atom. The van der Waals surface area contributed by atoms with Gasteiger partial charge in [-0.3, -0.25) is 4.79 Å². The van der Waals surface area contributed by atoms with Gasteiger partial charge < -0.3 is 11.1 Å². The van der Waals surface area contributed by atoms with Gasteiger partial charge in [-0.1, -0.05) is 43.7 Å². The van der Waals surface area contributed by atoms with Gasteiger partial charge in [0.1, 0.15) is 0 Å². The van der Waals surface area contributed by atoms with E-state index in [2.05, 4.69) is 36.5 Å². The van der Waals surface area contributed by atoms with Crippen LogP contribution in [0.1, 0.15) is 38.2 Å². The predicted molar refractivity (Wildman–Crippen MR) is 82.5 cm³/mol. The molecule has 0 saturated heterocycles. The predicted octanol–water partition coefficient (Wildman–Crippen LogP) is 2.67. The van der Waals surface area contributed by atoms with E-state index in [1.807, 2.05) is 6.07 Å². The lowest BCUT2D eigenvalue weighted by Gasteiger charge is -2.18. The number of hydrogen-bond acceptors (Lipinski definition) is 2. The third-order valence-electron chi connectivity index (χ3n) is 3.00. The van der Waals surface area contributed by atoms with Crippen molar-refractivity contribution >= 4 is 18.3 Å². The lowest BCUT2D eigenvalue weighted by Crippen LogP contribution is -2.36. The molecule has 3 nitrogen and oxygen atoms in total. The highest BCUT2D eigenvalue weighted by molar-refractivity contribution is 5.85. The molecule has 1 aromatic carbocycles. The van der Waals surface area contributed by atoms with Gasteiger partial charge >= 0.3 is 0 Å². The van der Waals surface area contributed by atoms with Crippen LogP contribution in [0.5, 0.6) is 0 Å². The van der Waals surface area contributed by atoms with Crippen molar-refractivity contribution in [2.45, 2.75) is 45.1 Å². The summed E-state index contributed by atoms with van der Waals surface area (Å²) in [6, 6.07) is 10.7. The molecule has 1 atom stereocenters. The Balaban J connectivity index is 0.00000324. The summed E-state index contributed by atoms with van der Waals surface area (Å²) in [6.07, 6.45) is 4.54. The van der Waals surface area contributed by atoms with Gasteiger partial charge in [0.2, 0.25) is 5.91 Å². The van der Waals surface area contributed by atoms with Gasteiger partial charge in [-0.05, 0) is 24.8 Å². The third kappa shape index (κ3) is 7.85. The van der Waals surface area contributed by atoms with Gasteiger partial charge in [0, 0.05) is 19.0 Å². The van der Waals surface area contributed by atoms with Crippen molar-refractivity contribution in [3.63, 3.8) is 0 Å². The fraction of sp³-hybridized carbons (Fsp3) is 0.533. The topological polar surface area (TPSA) is 55.1 Å². The molecule has 1 aromatic rings. The standard InChI is InChI=1S/C15H24N2O.ClH/c1-2-6-14(17-15(18)11-12-16)10-9-13-7-4-3-5-8-13;/h3-5,7-8,14H,2,6,9-12,16H2,1H3,(H,17,18);1H. The maximum absolute atomic E-state index is 11.5. The lowest BCUT2D eigenvalue weighted by atomic mass is 10.0. The minimum absolute atomic E-state index is 0. The first-order valence-corrected chi connectivity index (χ1v) is 6.79. The van der Waals surface area contributed by atoms with E-state index in [0.717, 1.165) is 25.7 Å². The SMILES string of the molecule is CCCC(CCc1ccccc1)NC(=O)CCN.Cl. The van der Waals surface area contributed by atoms with Crippen LogP contribution in [0, 0.1) is 0 Å². The van der Waals surface area contributed by atoms with Crippen LogP contribution in [-0.4, -0.2) is 18.5 Å². The Bertz CT molecular complexity index is 343. The molecule has 0 aliphatic heterocycles. The number of benzene rings is 1. The number of nitrogens with two attached hydrogens (primary N) is 1. The summed E-state index contributed by atoms with van der Waals surface area (Å²) < 4.78 is 0. The smallest absolute Gasteiger partial charge is 0.221 e. The number of carbonyl (C=O) groups is 1. The second kappa shape index (κ2) is 10.8. The zero-order valence-corrected chi connectivity index (χ0v) is 12.4. The fourth-order valence-electron chi connectivity index (χ4n) is 2.05. The molecule has 4 heteroatoms. The molecule has 0 aliphatic carbocycles. The summed E-state index contributed by atoms with van der Waals surface area (Å²) in [6.45, 7) is 2.56. The molecular formula is C15H25ClN2O. The van der Waals surface area contributed by atoms with Crippen LogP contribution in [0.15, 0.2) is 30.3 Å². The largest absolute Gasteiger partial charge is 0.353 e. The summed E-state index contributed by atoms with van der Waals surface area (Å²) in [5.41, 5.74) is 6.71. The van der Waals surface area contributed by atoms with E-state index in [9.17, 15) is 4.79 Å². The van der Waals surface area contributed by atoms with Crippen molar-refractivity contribution in [2.24, 2.45) is 5.73 Å². The highest BCUT2D eigenvalue weighted by Crippen LogP contribution is 2.09. The molecule has 0 aromatic heterocycles. The Labute approximate surface area is 122 Å². The third-order valence-corrected chi connectivity index (χ3v) is 3.00. The molecule has 0 spiro atoms. The highest BCUT2D eigenvalue weighted by atomic mass is 35.5. The van der Waals surface area contributed by atoms with E-state index < -0.39 is 0 Å². The summed E-state index contributed by atoms with van der Waals surface area (Å²) >= 11 is 0. The van der Waals surface area contributed by atoms with Crippen LogP contribution in [0.4, 0.5) is 0 Å². The van der Waals surface area contributed by atoms with Gasteiger partial charge in [-0.15, -0.1) is 12.4 Å². The average Bonchev–Trinajstić information content (AvgIpc) is 2.38. The van der Waals surface area contributed by atoms with Crippen molar-refractivity contribution in [2.75, 3.05) is 6.54 Å². The molecule has 0 saturated carbocycles. The monoisotopic (exact) mass is 284 g/mol. The van der Waals surface area contributed by atoms with E-state index in [4.69, 9.17) is 5.73 Å². The van der Waals surface area contributed by atoms with Crippen LogP contribution >= 0.6 is 12.4 Å². The average molecular weight is 285 g/mol. The van der Waals surface area contributed by atoms with E-state index in [0.29, 0.717) is 13.0 Å². The molecule has 19 heavy (non-hydrogen) atoms. The maximum atomic E-state index is 11.5. The summed E-state index contributed by atoms with van der Waals surface area (Å²) in [5.74, 6) is 0.0732. The lowest BCUT2D eigenvalue weighted by molar-refractivity contribution is -0.121. The van der Waals surface area contributed by atoms with Gasteiger partial charge in [0.25, 0.3) is 0 Å². The maximum Gasteiger partial charge on any atom is 0.221 e. The molecule has 0 aliphatic rings. The highest BCUT2D eigenvalue weighted by Gasteiger charge is 2.10. The van der Waals surface area contributed by atoms with Gasteiger partial charge in [-0.25, -0.2) is 0 Å². The Hall–Kier alpha value is -1.06. The summed E-state index contributed by atoms with van der Waals surface area (Å²) in [4.78, 5) is 11.5. The van der Waals surface area contributed by atoms with Crippen LogP contribution in [0.2, 0.25) is 0 Å². The van der Waals surface area contributed by atoms with Crippen molar-refractivity contribution in [3.05, 3.63) is 35.9 Å². The van der Waals surface area contributed by atoms with Crippen molar-refractivity contribution in [3.8, 4) is 0 Å². The van der Waals surface area contributed by atoms with Crippen molar-refractivity contribution < 1.29 is 4.79 Å². The normalized spacial score (nSPS) is 11.5. The molecule has 1 amide bonds. The minimum atomic E-state index is 0. The number of halogens is 1. The number of carbonyl (C=O) groups excluding carboxylic acids is 1. The zero-order valence-electron chi connectivity index (χ0n) is 11.6. The number of aryl methyl sites for hydroxylation is 1. The molecule has 1 unspecified atom stereocenters. The van der Waals surface area contributed by atoms with Gasteiger partial charge in [0.15, 0.2) is 0 Å². The van der Waals surface area contributed by atoms with Crippen molar-refractivity contribution in [1.82, 2.24) is 5.32 Å². The summed E-state index contributed by atoms with van der Waals surface area (Å²) in [7, 11) is 0. The molecular weight excluding hydrogens is 260 g/mol. The van der Waals surface area contributed by atoms with E-state index >= 15 is 0 Å². The first kappa shape index (κ1) is 17.9. The van der Waals surface area contributed by atoms with Crippen LogP contribution in [-0.2, 0) is 11.2 Å². The van der Waals surface area contributed by atoms with Gasteiger partial charge in [0.05, 0.1) is 0 Å². The number of hydrogen-bond donors (Lipinski definition) is 2. The molecule has 3 N–H and O–H groups in total. The second-order valence-corrected chi connectivity index (χ2v) is 4.62. The quantitative estimate of drug-likeness (QED) is 0.771. The number of amides is 1. The zero-order chi connectivity index (χ0) is 13.2. The summed E-state index contributed by atoms with van der Waals surface area (Å²) in [5, 5.41) is 3.07. The second-order valence-electron chi connectivity index (χ2n) is 4.62. The van der Waals surface area contributed by atoms with Gasteiger partial charge in [-0.2, -0.15) is 0 Å². The van der Waals surface area contributed by atoms with Crippen LogP contribution in [0.3, 0.4) is 0 Å². The molecule has 0 bridgehead atoms.